The van der Waals surface area contributed by atoms with E-state index >= 15 is 0 Å². The molecule has 1 aromatic heterocycles. The number of imidazole rings is 1. The highest BCUT2D eigenvalue weighted by Gasteiger charge is 2.16. The number of hydrogen-bond donors (Lipinski definition) is 0. The van der Waals surface area contributed by atoms with E-state index in [1.165, 1.54) is 12.4 Å². The van der Waals surface area contributed by atoms with Gasteiger partial charge in [-0.25, -0.2) is 4.98 Å². The van der Waals surface area contributed by atoms with Gasteiger partial charge in [-0.1, -0.05) is 23.2 Å². The quantitative estimate of drug-likeness (QED) is 0.331. The van der Waals surface area contributed by atoms with Crippen molar-refractivity contribution in [3.8, 4) is 0 Å². The van der Waals surface area contributed by atoms with Crippen LogP contribution in [0.25, 0.3) is 10.4 Å². The Bertz CT molecular complexity index is 367. The molecule has 1 aromatic rings. The van der Waals surface area contributed by atoms with Crippen molar-refractivity contribution in [2.45, 2.75) is 4.84 Å². The Balaban J connectivity index is 3.07. The van der Waals surface area contributed by atoms with Crippen LogP contribution in [0.2, 0.25) is 0 Å². The number of hydrogen-bond acceptors (Lipinski definition) is 3. The molecule has 0 fully saturated rings. The molecule has 1 rings (SSSR count). The minimum Gasteiger partial charge on any atom is -0.271 e. The monoisotopic (exact) mass is 219 g/mol. The number of azide groups is 1. The molecule has 8 heteroatoms. The van der Waals surface area contributed by atoms with Gasteiger partial charge in [0.25, 0.3) is 5.91 Å². The SMILES string of the molecule is [N-]=[N+]=Nc1nccn1C(=O)C(Cl)Cl. The maximum Gasteiger partial charge on any atom is 0.265 e. The third-order valence-electron chi connectivity index (χ3n) is 1.18. The number of halogens is 2. The highest BCUT2D eigenvalue weighted by Crippen LogP contribution is 2.13. The molecule has 0 saturated heterocycles. The fourth-order valence-corrected chi connectivity index (χ4v) is 0.897. The summed E-state index contributed by atoms with van der Waals surface area (Å²) in [5.74, 6) is -0.693. The molecular weight excluding hydrogens is 217 g/mol. The average Bonchev–Trinajstić information content (AvgIpc) is 2.52. The molecule has 0 spiro atoms. The number of rotatable bonds is 2. The van der Waals surface area contributed by atoms with Crippen molar-refractivity contribution in [1.29, 1.82) is 0 Å². The van der Waals surface area contributed by atoms with Gasteiger partial charge in [0.1, 0.15) is 0 Å². The van der Waals surface area contributed by atoms with Crippen LogP contribution in [-0.4, -0.2) is 20.3 Å². The Hall–Kier alpha value is -1.23. The molecule has 0 saturated carbocycles. The summed E-state index contributed by atoms with van der Waals surface area (Å²) in [5.41, 5.74) is 8.11. The van der Waals surface area contributed by atoms with Crippen LogP contribution in [0.5, 0.6) is 0 Å². The summed E-state index contributed by atoms with van der Waals surface area (Å²) in [4.78, 5) is 16.1. The van der Waals surface area contributed by atoms with E-state index in [0.29, 0.717) is 0 Å². The highest BCUT2D eigenvalue weighted by atomic mass is 35.5. The van der Waals surface area contributed by atoms with Crippen LogP contribution in [0, 0.1) is 0 Å². The van der Waals surface area contributed by atoms with Gasteiger partial charge in [-0.3, -0.25) is 9.36 Å². The van der Waals surface area contributed by atoms with Crippen molar-refractivity contribution in [1.82, 2.24) is 9.55 Å². The largest absolute Gasteiger partial charge is 0.271 e. The lowest BCUT2D eigenvalue weighted by molar-refractivity contribution is 0.0931. The van der Waals surface area contributed by atoms with Gasteiger partial charge >= 0.3 is 0 Å². The van der Waals surface area contributed by atoms with Crippen LogP contribution < -0.4 is 0 Å². The predicted molar refractivity (Wildman–Crippen MR) is 47.2 cm³/mol. The lowest BCUT2D eigenvalue weighted by Gasteiger charge is -2.01. The molecule has 0 bridgehead atoms. The summed E-state index contributed by atoms with van der Waals surface area (Å²) in [6, 6.07) is 0. The van der Waals surface area contributed by atoms with Crippen molar-refractivity contribution in [3.63, 3.8) is 0 Å². The lowest BCUT2D eigenvalue weighted by Crippen LogP contribution is -2.16. The molecule has 6 nitrogen and oxygen atoms in total. The van der Waals surface area contributed by atoms with Crippen LogP contribution in [0.3, 0.4) is 0 Å². The summed E-state index contributed by atoms with van der Waals surface area (Å²) in [6.07, 6.45) is 2.61. The maximum absolute atomic E-state index is 11.2. The summed E-state index contributed by atoms with van der Waals surface area (Å²) in [5, 5.41) is 3.16. The third kappa shape index (κ3) is 2.12. The van der Waals surface area contributed by atoms with Crippen molar-refractivity contribution >= 4 is 35.1 Å². The molecule has 0 atom stereocenters. The zero-order valence-electron chi connectivity index (χ0n) is 6.13. The molecule has 0 aliphatic heterocycles. The summed E-state index contributed by atoms with van der Waals surface area (Å²) < 4.78 is 0.977. The average molecular weight is 220 g/mol. The minimum atomic E-state index is -1.21. The van der Waals surface area contributed by atoms with Gasteiger partial charge in [0.2, 0.25) is 5.95 Å². The predicted octanol–water partition coefficient (Wildman–Crippen LogP) is 2.27. The number of alkyl halides is 2. The summed E-state index contributed by atoms with van der Waals surface area (Å²) >= 11 is 10.6. The lowest BCUT2D eigenvalue weighted by atomic mass is 10.6. The first kappa shape index (κ1) is 9.85. The standard InChI is InChI=1S/C5H3Cl2N5O/c6-3(7)4(13)12-2-1-9-5(12)10-11-8/h1-3H. The Morgan fingerprint density at radius 1 is 1.77 bits per heavy atom. The van der Waals surface area contributed by atoms with Gasteiger partial charge in [-0.15, -0.1) is 0 Å². The van der Waals surface area contributed by atoms with E-state index in [0.717, 1.165) is 4.57 Å². The molecule has 0 unspecified atom stereocenters. The molecule has 68 valence electrons. The molecule has 0 amide bonds. The normalized spacial score (nSPS) is 9.77. The fraction of sp³-hybridized carbons (Fsp3) is 0.200. The molecule has 0 N–H and O–H groups in total. The van der Waals surface area contributed by atoms with E-state index in [4.69, 9.17) is 28.7 Å². The second-order valence-corrected chi connectivity index (χ2v) is 3.02. The van der Waals surface area contributed by atoms with E-state index in [1.807, 2.05) is 0 Å². The molecule has 0 aliphatic carbocycles. The second kappa shape index (κ2) is 4.13. The van der Waals surface area contributed by atoms with Gasteiger partial charge < -0.3 is 0 Å². The second-order valence-electron chi connectivity index (χ2n) is 1.93. The molecular formula is C5H3Cl2N5O. The van der Waals surface area contributed by atoms with Gasteiger partial charge in [-0.2, -0.15) is 0 Å². The first-order valence-electron chi connectivity index (χ1n) is 3.07. The first-order chi connectivity index (χ1) is 6.16. The molecule has 0 radical (unpaired) electrons. The minimum absolute atomic E-state index is 0.0844. The van der Waals surface area contributed by atoms with Crippen molar-refractivity contribution in [2.24, 2.45) is 5.11 Å². The Labute approximate surface area is 82.7 Å². The zero-order chi connectivity index (χ0) is 9.84. The van der Waals surface area contributed by atoms with Gasteiger partial charge in [0, 0.05) is 17.3 Å². The van der Waals surface area contributed by atoms with E-state index in [-0.39, 0.29) is 5.95 Å². The maximum atomic E-state index is 11.2. The number of carbonyl (C=O) groups excluding carboxylic acids is 1. The third-order valence-corrected chi connectivity index (χ3v) is 1.55. The highest BCUT2D eigenvalue weighted by molar-refractivity contribution is 6.53. The van der Waals surface area contributed by atoms with Crippen LogP contribution >= 0.6 is 23.2 Å². The Kier molecular flexibility index (Phi) is 3.13. The van der Waals surface area contributed by atoms with Crippen molar-refractivity contribution in [3.05, 3.63) is 22.8 Å². The summed E-state index contributed by atoms with van der Waals surface area (Å²) in [7, 11) is 0. The van der Waals surface area contributed by atoms with E-state index in [9.17, 15) is 4.79 Å². The fourth-order valence-electron chi connectivity index (χ4n) is 0.687. The smallest absolute Gasteiger partial charge is 0.265 e. The molecule has 13 heavy (non-hydrogen) atoms. The molecule has 0 aliphatic rings. The first-order valence-corrected chi connectivity index (χ1v) is 3.95. The van der Waals surface area contributed by atoms with E-state index < -0.39 is 10.7 Å². The molecule has 1 heterocycles. The number of carbonyl (C=O) groups is 1. The Morgan fingerprint density at radius 3 is 3.00 bits per heavy atom. The number of aromatic nitrogens is 2. The van der Waals surface area contributed by atoms with Crippen molar-refractivity contribution < 1.29 is 4.79 Å². The Morgan fingerprint density at radius 2 is 2.46 bits per heavy atom. The number of nitrogens with zero attached hydrogens (tertiary/aromatic N) is 5. The van der Waals surface area contributed by atoms with E-state index in [1.54, 1.807) is 0 Å². The van der Waals surface area contributed by atoms with Gasteiger partial charge in [0.15, 0.2) is 4.84 Å². The van der Waals surface area contributed by atoms with Crippen molar-refractivity contribution in [2.75, 3.05) is 0 Å². The van der Waals surface area contributed by atoms with Gasteiger partial charge in [-0.05, 0) is 10.6 Å². The van der Waals surface area contributed by atoms with E-state index in [2.05, 4.69) is 15.0 Å². The molecule has 0 aromatic carbocycles. The zero-order valence-corrected chi connectivity index (χ0v) is 7.64. The van der Waals surface area contributed by atoms with Crippen LogP contribution in [0.15, 0.2) is 17.5 Å². The summed E-state index contributed by atoms with van der Waals surface area (Å²) in [6.45, 7) is 0. The van der Waals surface area contributed by atoms with Crippen LogP contribution in [0.4, 0.5) is 5.95 Å². The van der Waals surface area contributed by atoms with Crippen LogP contribution in [0.1, 0.15) is 4.79 Å². The topological polar surface area (TPSA) is 83.7 Å². The van der Waals surface area contributed by atoms with Crippen LogP contribution in [-0.2, 0) is 0 Å². The van der Waals surface area contributed by atoms with Gasteiger partial charge in [0.05, 0.1) is 0 Å².